The second-order valence-electron chi connectivity index (χ2n) is 3.82. The molecule has 0 rings (SSSR count). The van der Waals surface area contributed by atoms with E-state index < -0.39 is 0 Å². The summed E-state index contributed by atoms with van der Waals surface area (Å²) in [5, 5.41) is 12.4. The first kappa shape index (κ1) is 16.8. The molecule has 17 heavy (non-hydrogen) atoms. The van der Waals surface area contributed by atoms with Crippen LogP contribution in [0.5, 0.6) is 0 Å². The second kappa shape index (κ2) is 10.9. The second-order valence-corrected chi connectivity index (χ2v) is 3.82. The average Bonchev–Trinajstić information content (AvgIpc) is 2.30. The van der Waals surface area contributed by atoms with Crippen LogP contribution in [0.15, 0.2) is 0 Å². The molecule has 0 atom stereocenters. The van der Waals surface area contributed by atoms with E-state index in [1.165, 1.54) is 0 Å². The Hall–Kier alpha value is -0.200. The Balaban J connectivity index is 3.95. The van der Waals surface area contributed by atoms with Crippen LogP contribution in [0.1, 0.15) is 20.8 Å². The highest BCUT2D eigenvalue weighted by molar-refractivity contribution is 4.46. The summed E-state index contributed by atoms with van der Waals surface area (Å²) in [7, 11) is 0. The van der Waals surface area contributed by atoms with E-state index in [-0.39, 0.29) is 4.65 Å². The summed E-state index contributed by atoms with van der Waals surface area (Å²) in [5.41, 5.74) is 0. The summed E-state index contributed by atoms with van der Waals surface area (Å²) < 4.78 is 15.4. The molecule has 0 aromatic heterocycles. The molecule has 0 unspecified atom stereocenters. The van der Waals surface area contributed by atoms with Crippen LogP contribution < -0.4 is 0 Å². The molecular weight excluding hydrogens is 222 g/mol. The van der Waals surface area contributed by atoms with Crippen LogP contribution in [0.2, 0.25) is 0 Å². The van der Waals surface area contributed by atoms with E-state index in [0.717, 1.165) is 0 Å². The summed E-state index contributed by atoms with van der Waals surface area (Å²) in [6, 6.07) is 0. The molecule has 5 nitrogen and oxygen atoms in total. The first-order chi connectivity index (χ1) is 8.18. The summed E-state index contributed by atoms with van der Waals surface area (Å²) in [6.07, 6.45) is 0. The predicted octanol–water partition coefficient (Wildman–Crippen LogP) is 1.41. The van der Waals surface area contributed by atoms with E-state index >= 15 is 0 Å². The van der Waals surface area contributed by atoms with Crippen molar-refractivity contribution in [3.8, 4) is 0 Å². The van der Waals surface area contributed by atoms with Crippen LogP contribution in [0.25, 0.3) is 0 Å². The van der Waals surface area contributed by atoms with Gasteiger partial charge in [0.25, 0.3) is 0 Å². The van der Waals surface area contributed by atoms with Gasteiger partial charge >= 0.3 is 0 Å². The number of hydroxylamine groups is 3. The lowest BCUT2D eigenvalue weighted by molar-refractivity contribution is -0.882. The highest BCUT2D eigenvalue weighted by atomic mass is 16.6. The third kappa shape index (κ3) is 9.50. The monoisotopic (exact) mass is 249 g/mol. The van der Waals surface area contributed by atoms with Crippen molar-refractivity contribution >= 4 is 0 Å². The molecule has 0 aliphatic rings. The van der Waals surface area contributed by atoms with Gasteiger partial charge < -0.3 is 24.1 Å². The minimum Gasteiger partial charge on any atom is -0.633 e. The van der Waals surface area contributed by atoms with Crippen molar-refractivity contribution in [1.82, 2.24) is 0 Å². The van der Waals surface area contributed by atoms with Gasteiger partial charge in [0.2, 0.25) is 0 Å². The van der Waals surface area contributed by atoms with Crippen LogP contribution in [0.3, 0.4) is 0 Å². The van der Waals surface area contributed by atoms with Gasteiger partial charge in [-0.05, 0) is 20.8 Å². The molecule has 0 fully saturated rings. The lowest BCUT2D eigenvalue weighted by atomic mass is 10.4. The summed E-state index contributed by atoms with van der Waals surface area (Å²) in [6.45, 7) is 10.6. The third-order valence-electron chi connectivity index (χ3n) is 2.54. The van der Waals surface area contributed by atoms with Crippen molar-refractivity contribution < 1.29 is 18.9 Å². The number of ether oxygens (including phenoxy) is 3. The number of nitrogens with zero attached hydrogens (tertiary/aromatic N) is 1. The quantitative estimate of drug-likeness (QED) is 0.298. The fraction of sp³-hybridized carbons (Fsp3) is 1.00. The highest BCUT2D eigenvalue weighted by Gasteiger charge is 2.16. The van der Waals surface area contributed by atoms with Gasteiger partial charge in [0.05, 0.1) is 19.8 Å². The molecule has 0 N–H and O–H groups in total. The van der Waals surface area contributed by atoms with E-state index in [9.17, 15) is 5.21 Å². The molecule has 5 heteroatoms. The third-order valence-corrected chi connectivity index (χ3v) is 2.54. The van der Waals surface area contributed by atoms with E-state index in [0.29, 0.717) is 59.3 Å². The van der Waals surface area contributed by atoms with Crippen LogP contribution in [-0.4, -0.2) is 63.9 Å². The fourth-order valence-electron chi connectivity index (χ4n) is 1.46. The topological polar surface area (TPSA) is 50.8 Å². The Morgan fingerprint density at radius 3 is 1.24 bits per heavy atom. The Morgan fingerprint density at radius 1 is 0.706 bits per heavy atom. The standard InChI is InChI=1S/C12H27NO4/c1-4-15-10-7-13(14,8-11-16-5-2)9-12-17-6-3/h4-12H2,1-3H3. The Labute approximate surface area is 105 Å². The van der Waals surface area contributed by atoms with Gasteiger partial charge in [-0.2, -0.15) is 0 Å². The van der Waals surface area contributed by atoms with Crippen molar-refractivity contribution in [2.24, 2.45) is 0 Å². The molecule has 0 radical (unpaired) electrons. The molecule has 0 aliphatic carbocycles. The maximum Gasteiger partial charge on any atom is 0.102 e. The first-order valence-corrected chi connectivity index (χ1v) is 6.48. The van der Waals surface area contributed by atoms with E-state index in [1.807, 2.05) is 20.8 Å². The molecule has 0 bridgehead atoms. The van der Waals surface area contributed by atoms with Gasteiger partial charge in [-0.3, -0.25) is 0 Å². The lowest BCUT2D eigenvalue weighted by Crippen LogP contribution is -2.49. The normalized spacial score (nSPS) is 12.0. The van der Waals surface area contributed by atoms with E-state index in [4.69, 9.17) is 14.2 Å². The van der Waals surface area contributed by atoms with E-state index in [2.05, 4.69) is 0 Å². The Bertz CT molecular complexity index is 140. The first-order valence-electron chi connectivity index (χ1n) is 6.48. The average molecular weight is 249 g/mol. The molecule has 0 heterocycles. The lowest BCUT2D eigenvalue weighted by Gasteiger charge is -2.42. The van der Waals surface area contributed by atoms with Crippen LogP contribution in [-0.2, 0) is 14.2 Å². The largest absolute Gasteiger partial charge is 0.633 e. The van der Waals surface area contributed by atoms with Crippen molar-refractivity contribution in [2.75, 3.05) is 59.3 Å². The van der Waals surface area contributed by atoms with Crippen molar-refractivity contribution in [3.05, 3.63) is 5.21 Å². The maximum atomic E-state index is 12.4. The van der Waals surface area contributed by atoms with Gasteiger partial charge in [-0.25, -0.2) is 0 Å². The molecule has 104 valence electrons. The van der Waals surface area contributed by atoms with Gasteiger partial charge in [0.15, 0.2) is 0 Å². The van der Waals surface area contributed by atoms with Crippen molar-refractivity contribution in [2.45, 2.75) is 20.8 Å². The molecule has 0 saturated heterocycles. The van der Waals surface area contributed by atoms with Gasteiger partial charge in [0.1, 0.15) is 19.6 Å². The van der Waals surface area contributed by atoms with Crippen LogP contribution in [0, 0.1) is 5.21 Å². The van der Waals surface area contributed by atoms with Crippen molar-refractivity contribution in [1.29, 1.82) is 0 Å². The molecule has 0 amide bonds. The fourth-order valence-corrected chi connectivity index (χ4v) is 1.46. The number of quaternary nitrogens is 1. The molecule has 0 saturated carbocycles. The number of rotatable bonds is 12. The zero-order chi connectivity index (χ0) is 13.0. The molecule has 0 aliphatic heterocycles. The molecule has 0 aromatic carbocycles. The predicted molar refractivity (Wildman–Crippen MR) is 67.7 cm³/mol. The minimum atomic E-state index is -0.292. The van der Waals surface area contributed by atoms with Crippen LogP contribution in [0.4, 0.5) is 0 Å². The zero-order valence-corrected chi connectivity index (χ0v) is 11.4. The maximum absolute atomic E-state index is 12.4. The Morgan fingerprint density at radius 2 is 1.00 bits per heavy atom. The molecular formula is C12H27NO4. The SMILES string of the molecule is CCOCC[N+]([O-])(CCOCC)CCOCC. The minimum absolute atomic E-state index is 0.292. The van der Waals surface area contributed by atoms with E-state index in [1.54, 1.807) is 0 Å². The zero-order valence-electron chi connectivity index (χ0n) is 11.4. The Kier molecular flexibility index (Phi) is 10.8. The van der Waals surface area contributed by atoms with Gasteiger partial charge in [0, 0.05) is 19.8 Å². The summed E-state index contributed by atoms with van der Waals surface area (Å²) in [5.74, 6) is 0. The molecule has 0 aromatic rings. The van der Waals surface area contributed by atoms with Gasteiger partial charge in [-0.15, -0.1) is 0 Å². The van der Waals surface area contributed by atoms with Crippen LogP contribution >= 0.6 is 0 Å². The number of hydrogen-bond donors (Lipinski definition) is 0. The number of hydrogen-bond acceptors (Lipinski definition) is 4. The summed E-state index contributed by atoms with van der Waals surface area (Å²) >= 11 is 0. The summed E-state index contributed by atoms with van der Waals surface area (Å²) in [4.78, 5) is 0. The molecule has 0 spiro atoms. The van der Waals surface area contributed by atoms with Crippen molar-refractivity contribution in [3.63, 3.8) is 0 Å². The highest BCUT2D eigenvalue weighted by Crippen LogP contribution is 2.04. The van der Waals surface area contributed by atoms with Gasteiger partial charge in [-0.1, -0.05) is 0 Å². The smallest absolute Gasteiger partial charge is 0.102 e.